The van der Waals surface area contributed by atoms with Gasteiger partial charge in [-0.1, -0.05) is 30.3 Å². The van der Waals surface area contributed by atoms with Crippen LogP contribution in [-0.2, 0) is 13.2 Å². The SMILES string of the molecule is CC(=O)c1occ(C(=O)NCc2c(F)cc(F)cc2F)c(=O)c1OCc1ccccc1. The average molecular weight is 431 g/mol. The molecule has 0 fully saturated rings. The number of halogens is 3. The molecule has 0 saturated heterocycles. The second-order valence-electron chi connectivity index (χ2n) is 6.50. The predicted octanol–water partition coefficient (Wildman–Crippen LogP) is 3.77. The summed E-state index contributed by atoms with van der Waals surface area (Å²) in [7, 11) is 0. The van der Waals surface area contributed by atoms with Crippen molar-refractivity contribution < 1.29 is 31.9 Å². The number of amides is 1. The van der Waals surface area contributed by atoms with Crippen molar-refractivity contribution in [1.82, 2.24) is 5.32 Å². The Morgan fingerprint density at radius 1 is 1.06 bits per heavy atom. The van der Waals surface area contributed by atoms with E-state index in [0.29, 0.717) is 17.7 Å². The first-order valence-electron chi connectivity index (χ1n) is 9.03. The number of hydrogen-bond acceptors (Lipinski definition) is 5. The Balaban J connectivity index is 1.85. The fourth-order valence-corrected chi connectivity index (χ4v) is 2.72. The maximum atomic E-state index is 13.7. The average Bonchev–Trinajstić information content (AvgIpc) is 2.72. The van der Waals surface area contributed by atoms with Crippen LogP contribution in [-0.4, -0.2) is 11.7 Å². The number of carbonyl (C=O) groups excluding carboxylic acids is 2. The van der Waals surface area contributed by atoms with Crippen molar-refractivity contribution in [3.05, 3.63) is 98.9 Å². The van der Waals surface area contributed by atoms with Crippen LogP contribution >= 0.6 is 0 Å². The molecule has 6 nitrogen and oxygen atoms in total. The van der Waals surface area contributed by atoms with Gasteiger partial charge in [0.15, 0.2) is 5.78 Å². The Kier molecular flexibility index (Phi) is 6.54. The Bertz CT molecular complexity index is 1170. The van der Waals surface area contributed by atoms with E-state index in [0.717, 1.165) is 13.2 Å². The molecule has 0 spiro atoms. The van der Waals surface area contributed by atoms with Crippen molar-refractivity contribution in [3.63, 3.8) is 0 Å². The topological polar surface area (TPSA) is 85.6 Å². The van der Waals surface area contributed by atoms with Gasteiger partial charge in [0.05, 0.1) is 0 Å². The molecular formula is C22H16F3NO5. The lowest BCUT2D eigenvalue weighted by molar-refractivity contribution is 0.0933. The second kappa shape index (κ2) is 9.29. The van der Waals surface area contributed by atoms with Gasteiger partial charge in [-0.3, -0.25) is 14.4 Å². The zero-order valence-electron chi connectivity index (χ0n) is 16.2. The molecule has 3 rings (SSSR count). The molecule has 3 aromatic rings. The number of hydrogen-bond donors (Lipinski definition) is 1. The molecule has 0 unspecified atom stereocenters. The van der Waals surface area contributed by atoms with E-state index in [4.69, 9.17) is 9.15 Å². The monoisotopic (exact) mass is 431 g/mol. The van der Waals surface area contributed by atoms with Crippen LogP contribution in [0.4, 0.5) is 13.2 Å². The van der Waals surface area contributed by atoms with Crippen molar-refractivity contribution in [2.24, 2.45) is 0 Å². The third-order valence-electron chi connectivity index (χ3n) is 4.27. The van der Waals surface area contributed by atoms with Gasteiger partial charge in [0.25, 0.3) is 5.91 Å². The van der Waals surface area contributed by atoms with Crippen LogP contribution < -0.4 is 15.5 Å². The first-order valence-corrected chi connectivity index (χ1v) is 9.03. The van der Waals surface area contributed by atoms with Crippen LogP contribution in [0.3, 0.4) is 0 Å². The summed E-state index contributed by atoms with van der Waals surface area (Å²) in [6.45, 7) is 0.446. The summed E-state index contributed by atoms with van der Waals surface area (Å²) in [6, 6.07) is 9.70. The van der Waals surface area contributed by atoms with Gasteiger partial charge in [-0.25, -0.2) is 13.2 Å². The van der Waals surface area contributed by atoms with Gasteiger partial charge in [-0.15, -0.1) is 0 Å². The summed E-state index contributed by atoms with van der Waals surface area (Å²) in [5, 5.41) is 2.17. The van der Waals surface area contributed by atoms with E-state index < -0.39 is 58.0 Å². The van der Waals surface area contributed by atoms with Gasteiger partial charge in [-0.05, 0) is 5.56 Å². The minimum absolute atomic E-state index is 0.0665. The summed E-state index contributed by atoms with van der Waals surface area (Å²) in [5.74, 6) is -5.92. The minimum atomic E-state index is -1.19. The van der Waals surface area contributed by atoms with Gasteiger partial charge in [0, 0.05) is 31.2 Å². The lowest BCUT2D eigenvalue weighted by Crippen LogP contribution is -2.30. The number of carbonyl (C=O) groups is 2. The summed E-state index contributed by atoms with van der Waals surface area (Å²) in [6.07, 6.45) is 0.765. The highest BCUT2D eigenvalue weighted by atomic mass is 19.1. The van der Waals surface area contributed by atoms with E-state index in [1.165, 1.54) is 0 Å². The zero-order valence-corrected chi connectivity index (χ0v) is 16.2. The van der Waals surface area contributed by atoms with E-state index in [-0.39, 0.29) is 12.4 Å². The van der Waals surface area contributed by atoms with Crippen molar-refractivity contribution in [1.29, 1.82) is 0 Å². The normalized spacial score (nSPS) is 10.6. The summed E-state index contributed by atoms with van der Waals surface area (Å²) in [5.41, 5.74) is -1.34. The lowest BCUT2D eigenvalue weighted by atomic mass is 10.1. The molecular weight excluding hydrogens is 415 g/mol. The molecule has 1 heterocycles. The Labute approximate surface area is 174 Å². The third-order valence-corrected chi connectivity index (χ3v) is 4.27. The number of nitrogens with one attached hydrogen (secondary N) is 1. The fourth-order valence-electron chi connectivity index (χ4n) is 2.72. The van der Waals surface area contributed by atoms with E-state index in [1.807, 2.05) is 0 Å². The molecule has 160 valence electrons. The number of Topliss-reactive ketones (excluding diaryl/α,β-unsaturated/α-hetero) is 1. The first kappa shape index (κ1) is 21.8. The van der Waals surface area contributed by atoms with Crippen LogP contribution in [0, 0.1) is 17.5 Å². The number of ketones is 1. The molecule has 0 bridgehead atoms. The van der Waals surface area contributed by atoms with E-state index in [2.05, 4.69) is 5.32 Å². The highest BCUT2D eigenvalue weighted by Crippen LogP contribution is 2.18. The van der Waals surface area contributed by atoms with Gasteiger partial charge < -0.3 is 14.5 Å². The van der Waals surface area contributed by atoms with E-state index in [1.54, 1.807) is 30.3 Å². The molecule has 0 aliphatic heterocycles. The van der Waals surface area contributed by atoms with Gasteiger partial charge in [0.1, 0.15) is 35.9 Å². The highest BCUT2D eigenvalue weighted by Gasteiger charge is 2.23. The molecule has 1 N–H and O–H groups in total. The molecule has 9 heteroatoms. The fraction of sp³-hybridized carbons (Fsp3) is 0.136. The number of ether oxygens (including phenoxy) is 1. The molecule has 0 atom stereocenters. The van der Waals surface area contributed by atoms with Crippen LogP contribution in [0.2, 0.25) is 0 Å². The molecule has 31 heavy (non-hydrogen) atoms. The van der Waals surface area contributed by atoms with Crippen LogP contribution in [0.1, 0.15) is 39.0 Å². The standard InChI is InChI=1S/C22H16F3NO5/c1-12(27)20-21(30-10-13-5-3-2-4-6-13)19(28)16(11-31-20)22(29)26-9-15-17(24)7-14(23)8-18(15)25/h2-8,11H,9-10H2,1H3,(H,26,29). The van der Waals surface area contributed by atoms with Gasteiger partial charge >= 0.3 is 0 Å². The number of rotatable bonds is 7. The van der Waals surface area contributed by atoms with Crippen LogP contribution in [0.15, 0.2) is 57.9 Å². The minimum Gasteiger partial charge on any atom is -0.481 e. The highest BCUT2D eigenvalue weighted by molar-refractivity contribution is 5.97. The van der Waals surface area contributed by atoms with Crippen LogP contribution in [0.5, 0.6) is 5.75 Å². The summed E-state index contributed by atoms with van der Waals surface area (Å²) >= 11 is 0. The Morgan fingerprint density at radius 3 is 2.32 bits per heavy atom. The molecule has 0 saturated carbocycles. The lowest BCUT2D eigenvalue weighted by Gasteiger charge is -2.11. The molecule has 0 aliphatic rings. The molecule has 0 aliphatic carbocycles. The van der Waals surface area contributed by atoms with Crippen LogP contribution in [0.25, 0.3) is 0 Å². The smallest absolute Gasteiger partial charge is 0.258 e. The van der Waals surface area contributed by atoms with Crippen molar-refractivity contribution >= 4 is 11.7 Å². The van der Waals surface area contributed by atoms with Gasteiger partial charge in [-0.2, -0.15) is 0 Å². The quantitative estimate of drug-likeness (QED) is 0.576. The van der Waals surface area contributed by atoms with E-state index >= 15 is 0 Å². The Morgan fingerprint density at radius 2 is 1.71 bits per heavy atom. The molecule has 2 aromatic carbocycles. The maximum Gasteiger partial charge on any atom is 0.258 e. The Hall–Kier alpha value is -3.88. The first-order chi connectivity index (χ1) is 14.8. The largest absolute Gasteiger partial charge is 0.481 e. The summed E-state index contributed by atoms with van der Waals surface area (Å²) in [4.78, 5) is 37.0. The van der Waals surface area contributed by atoms with Crippen molar-refractivity contribution in [2.45, 2.75) is 20.1 Å². The second-order valence-corrected chi connectivity index (χ2v) is 6.50. The van der Waals surface area contributed by atoms with Crippen molar-refractivity contribution in [2.75, 3.05) is 0 Å². The molecule has 1 amide bonds. The number of benzene rings is 2. The summed E-state index contributed by atoms with van der Waals surface area (Å²) < 4.78 is 51.1. The van der Waals surface area contributed by atoms with Crippen molar-refractivity contribution in [3.8, 4) is 5.75 Å². The maximum absolute atomic E-state index is 13.7. The zero-order chi connectivity index (χ0) is 22.5. The third kappa shape index (κ3) is 5.00. The molecule has 0 radical (unpaired) electrons. The molecule has 1 aromatic heterocycles. The predicted molar refractivity (Wildman–Crippen MR) is 103 cm³/mol. The van der Waals surface area contributed by atoms with E-state index in [9.17, 15) is 27.6 Å². The van der Waals surface area contributed by atoms with Gasteiger partial charge in [0.2, 0.25) is 16.9 Å².